The Kier molecular flexibility index (Phi) is 6.50. The van der Waals surface area contributed by atoms with Crippen molar-refractivity contribution in [3.8, 4) is 17.2 Å². The zero-order chi connectivity index (χ0) is 21.8. The number of halogens is 1. The van der Waals surface area contributed by atoms with Crippen LogP contribution in [0.2, 0.25) is 0 Å². The van der Waals surface area contributed by atoms with Gasteiger partial charge in [-0.15, -0.1) is 11.3 Å². The largest absolute Gasteiger partial charge is 0.398 e. The van der Waals surface area contributed by atoms with Gasteiger partial charge in [0, 0.05) is 23.5 Å². The lowest BCUT2D eigenvalue weighted by Crippen LogP contribution is -2.36. The number of amides is 1. The van der Waals surface area contributed by atoms with Gasteiger partial charge in [-0.05, 0) is 24.6 Å². The number of hydrogen-bond donors (Lipinski definition) is 1. The van der Waals surface area contributed by atoms with E-state index in [4.69, 9.17) is 9.15 Å². The summed E-state index contributed by atoms with van der Waals surface area (Å²) < 4.78 is 24.2. The summed E-state index contributed by atoms with van der Waals surface area (Å²) in [5.41, 5.74) is 1.78. The van der Waals surface area contributed by atoms with Gasteiger partial charge in [0.15, 0.2) is 0 Å². The molecule has 2 aromatic heterocycles. The van der Waals surface area contributed by atoms with E-state index in [-0.39, 0.29) is 17.5 Å². The third kappa shape index (κ3) is 4.87. The van der Waals surface area contributed by atoms with Gasteiger partial charge in [0.05, 0.1) is 24.5 Å². The molecule has 0 atom stereocenters. The van der Waals surface area contributed by atoms with Crippen LogP contribution in [-0.2, 0) is 9.53 Å². The smallest absolute Gasteiger partial charge is 0.318 e. The van der Waals surface area contributed by atoms with Crippen molar-refractivity contribution < 1.29 is 18.3 Å². The maximum atomic E-state index is 13.2. The summed E-state index contributed by atoms with van der Waals surface area (Å²) in [6, 6.07) is 8.50. The number of thiophene rings is 1. The number of ether oxygens (including phenoxy) is 1. The van der Waals surface area contributed by atoms with E-state index < -0.39 is 0 Å². The Labute approximate surface area is 186 Å². The molecule has 0 unspecified atom stereocenters. The van der Waals surface area contributed by atoms with Crippen LogP contribution in [0.1, 0.15) is 10.4 Å². The summed E-state index contributed by atoms with van der Waals surface area (Å²) in [5, 5.41) is 21.2. The minimum Gasteiger partial charge on any atom is -0.398 e. The van der Waals surface area contributed by atoms with Gasteiger partial charge in [-0.25, -0.2) is 4.39 Å². The van der Waals surface area contributed by atoms with Crippen LogP contribution < -0.4 is 10.2 Å². The molecule has 160 valence electrons. The molecule has 1 amide bonds. The summed E-state index contributed by atoms with van der Waals surface area (Å²) >= 11 is 2.43. The Hall–Kier alpha value is -2.94. The van der Waals surface area contributed by atoms with Crippen LogP contribution in [0.3, 0.4) is 0 Å². The van der Waals surface area contributed by atoms with Crippen LogP contribution in [0, 0.1) is 24.1 Å². The van der Waals surface area contributed by atoms with E-state index in [0.29, 0.717) is 53.7 Å². The lowest BCUT2D eigenvalue weighted by atomic mass is 10.0. The van der Waals surface area contributed by atoms with Crippen LogP contribution in [0.25, 0.3) is 11.1 Å². The normalized spacial score (nSPS) is 13.8. The van der Waals surface area contributed by atoms with Gasteiger partial charge in [-0.2, -0.15) is 5.26 Å². The maximum Gasteiger partial charge on any atom is 0.318 e. The van der Waals surface area contributed by atoms with E-state index in [1.54, 1.807) is 12.1 Å². The third-order valence-corrected chi connectivity index (χ3v) is 6.43. The van der Waals surface area contributed by atoms with Crippen molar-refractivity contribution >= 4 is 40.0 Å². The van der Waals surface area contributed by atoms with Crippen LogP contribution >= 0.6 is 23.1 Å². The van der Waals surface area contributed by atoms with E-state index in [9.17, 15) is 14.4 Å². The number of thioether (sulfide) groups is 1. The summed E-state index contributed by atoms with van der Waals surface area (Å²) in [5.74, 6) is -0.587. The van der Waals surface area contributed by atoms with Crippen LogP contribution in [0.15, 0.2) is 33.9 Å². The zero-order valence-electron chi connectivity index (χ0n) is 16.6. The highest BCUT2D eigenvalue weighted by atomic mass is 32.2. The topological polar surface area (TPSA) is 104 Å². The molecule has 8 nitrogen and oxygen atoms in total. The molecule has 1 aromatic carbocycles. The predicted molar refractivity (Wildman–Crippen MR) is 116 cm³/mol. The lowest BCUT2D eigenvalue weighted by Gasteiger charge is -2.24. The Bertz CT molecular complexity index is 1120. The Balaban J connectivity index is 1.41. The van der Waals surface area contributed by atoms with Crippen molar-refractivity contribution in [2.45, 2.75) is 12.1 Å². The van der Waals surface area contributed by atoms with Crippen molar-refractivity contribution in [2.75, 3.05) is 42.3 Å². The van der Waals surface area contributed by atoms with Crippen molar-refractivity contribution in [3.63, 3.8) is 0 Å². The number of nitrogens with one attached hydrogen (secondary N) is 1. The summed E-state index contributed by atoms with van der Waals surface area (Å²) in [6.45, 7) is 4.43. The van der Waals surface area contributed by atoms with Gasteiger partial charge in [-0.1, -0.05) is 34.1 Å². The number of nitrogens with zero attached hydrogens (tertiary/aromatic N) is 4. The Morgan fingerprint density at radius 2 is 2.06 bits per heavy atom. The second kappa shape index (κ2) is 9.47. The number of aryl methyl sites for hydroxylation is 1. The molecule has 0 bridgehead atoms. The van der Waals surface area contributed by atoms with E-state index >= 15 is 0 Å². The maximum absolute atomic E-state index is 13.2. The molecule has 3 heterocycles. The first-order chi connectivity index (χ1) is 15.0. The molecule has 1 aliphatic heterocycles. The molecule has 1 saturated heterocycles. The van der Waals surface area contributed by atoms with Gasteiger partial charge >= 0.3 is 6.01 Å². The van der Waals surface area contributed by atoms with E-state index in [1.165, 1.54) is 23.5 Å². The predicted octanol–water partition coefficient (Wildman–Crippen LogP) is 3.68. The van der Waals surface area contributed by atoms with Gasteiger partial charge in [0.2, 0.25) is 5.91 Å². The van der Waals surface area contributed by atoms with Gasteiger partial charge < -0.3 is 19.4 Å². The average Bonchev–Trinajstić information content (AvgIpc) is 3.37. The molecular formula is C20H18FN5O3S2. The molecule has 1 fully saturated rings. The quantitative estimate of drug-likeness (QED) is 0.557. The number of carbonyl (C=O) groups excluding carboxylic acids is 1. The first-order valence-electron chi connectivity index (χ1n) is 9.43. The van der Waals surface area contributed by atoms with Crippen LogP contribution in [0.4, 0.5) is 15.4 Å². The second-order valence-corrected chi connectivity index (χ2v) is 8.79. The first-order valence-corrected chi connectivity index (χ1v) is 11.2. The molecule has 0 saturated carbocycles. The summed E-state index contributed by atoms with van der Waals surface area (Å²) in [6.07, 6.45) is 0. The second-order valence-electron chi connectivity index (χ2n) is 6.64. The van der Waals surface area contributed by atoms with Gasteiger partial charge in [0.25, 0.3) is 5.22 Å². The number of aromatic nitrogens is 2. The van der Waals surface area contributed by atoms with Crippen LogP contribution in [0.5, 0.6) is 0 Å². The monoisotopic (exact) mass is 459 g/mol. The van der Waals surface area contributed by atoms with Crippen molar-refractivity contribution in [1.82, 2.24) is 10.2 Å². The van der Waals surface area contributed by atoms with Crippen LogP contribution in [-0.4, -0.2) is 48.2 Å². The number of anilines is 2. The zero-order valence-corrected chi connectivity index (χ0v) is 18.2. The molecule has 0 spiro atoms. The number of morpholine rings is 1. The minimum absolute atomic E-state index is 0.0540. The molecule has 0 aliphatic carbocycles. The van der Waals surface area contributed by atoms with Gasteiger partial charge in [0.1, 0.15) is 16.9 Å². The number of nitriles is 1. The highest BCUT2D eigenvalue weighted by Crippen LogP contribution is 2.39. The van der Waals surface area contributed by atoms with Crippen molar-refractivity contribution in [3.05, 3.63) is 40.5 Å². The molecular weight excluding hydrogens is 441 g/mol. The Morgan fingerprint density at radius 1 is 1.32 bits per heavy atom. The fraction of sp³-hybridized carbons (Fsp3) is 0.300. The lowest BCUT2D eigenvalue weighted by molar-refractivity contribution is -0.113. The number of hydrogen-bond acceptors (Lipinski definition) is 9. The van der Waals surface area contributed by atoms with Crippen molar-refractivity contribution in [1.29, 1.82) is 5.26 Å². The molecule has 1 aliphatic rings. The van der Waals surface area contributed by atoms with Crippen molar-refractivity contribution in [2.24, 2.45) is 0 Å². The van der Waals surface area contributed by atoms with E-state index in [2.05, 4.69) is 21.6 Å². The van der Waals surface area contributed by atoms with E-state index in [1.807, 2.05) is 11.8 Å². The minimum atomic E-state index is -0.349. The molecule has 11 heteroatoms. The SMILES string of the molecule is Cc1sc(NC(=O)CSc2nnc(N3CCOCC3)o2)c(C#N)c1-c1ccc(F)cc1. The molecule has 31 heavy (non-hydrogen) atoms. The molecule has 0 radical (unpaired) electrons. The van der Waals surface area contributed by atoms with Gasteiger partial charge in [-0.3, -0.25) is 4.79 Å². The fourth-order valence-electron chi connectivity index (χ4n) is 3.14. The summed E-state index contributed by atoms with van der Waals surface area (Å²) in [7, 11) is 0. The average molecular weight is 460 g/mol. The number of carbonyl (C=O) groups is 1. The molecule has 3 aromatic rings. The van der Waals surface area contributed by atoms with E-state index in [0.717, 1.165) is 22.2 Å². The Morgan fingerprint density at radius 3 is 2.77 bits per heavy atom. The molecule has 1 N–H and O–H groups in total. The fourth-order valence-corrected chi connectivity index (χ4v) is 4.74. The number of rotatable bonds is 6. The molecule has 4 rings (SSSR count). The highest BCUT2D eigenvalue weighted by Gasteiger charge is 2.21. The highest BCUT2D eigenvalue weighted by molar-refractivity contribution is 7.99. The third-order valence-electron chi connectivity index (χ3n) is 4.59. The standard InChI is InChI=1S/C20H18FN5O3S2/c1-12-17(13-2-4-14(21)5-3-13)15(10-22)18(31-12)23-16(27)11-30-20-25-24-19(29-20)26-6-8-28-9-7-26/h2-5H,6-9,11H2,1H3,(H,23,27). The first kappa shape index (κ1) is 21.3. The number of benzene rings is 1. The summed E-state index contributed by atoms with van der Waals surface area (Å²) in [4.78, 5) is 15.3.